The van der Waals surface area contributed by atoms with Crippen LogP contribution in [0.4, 0.5) is 0 Å². The Morgan fingerprint density at radius 3 is 2.90 bits per heavy atom. The first-order valence-corrected chi connectivity index (χ1v) is 7.66. The number of carbonyl (C=O) groups is 1. The summed E-state index contributed by atoms with van der Waals surface area (Å²) in [7, 11) is 0. The Morgan fingerprint density at radius 2 is 2.20 bits per heavy atom. The van der Waals surface area contributed by atoms with Crippen molar-refractivity contribution in [1.82, 2.24) is 0 Å². The van der Waals surface area contributed by atoms with Crippen molar-refractivity contribution < 1.29 is 14.3 Å². The summed E-state index contributed by atoms with van der Waals surface area (Å²) >= 11 is 0. The number of fused-ring (bicyclic) bond motifs is 2. The van der Waals surface area contributed by atoms with Gasteiger partial charge in [-0.2, -0.15) is 0 Å². The minimum Gasteiger partial charge on any atom is -0.426 e. The minimum atomic E-state index is -0.815. The summed E-state index contributed by atoms with van der Waals surface area (Å²) in [5.74, 6) is -0.0558. The van der Waals surface area contributed by atoms with Crippen molar-refractivity contribution in [2.75, 3.05) is 6.61 Å². The molecule has 1 heterocycles. The molecule has 0 bridgehead atoms. The van der Waals surface area contributed by atoms with Crippen molar-refractivity contribution in [2.24, 2.45) is 17.3 Å². The van der Waals surface area contributed by atoms with E-state index >= 15 is 0 Å². The monoisotopic (exact) mass is 276 g/mol. The van der Waals surface area contributed by atoms with Gasteiger partial charge in [-0.15, -0.1) is 0 Å². The lowest BCUT2D eigenvalue weighted by molar-refractivity contribution is -0.223. The molecule has 1 saturated carbocycles. The molecule has 3 aliphatic rings. The van der Waals surface area contributed by atoms with Gasteiger partial charge < -0.3 is 9.47 Å². The minimum absolute atomic E-state index is 0.0541. The molecule has 0 spiro atoms. The van der Waals surface area contributed by atoms with E-state index < -0.39 is 5.79 Å². The Hall–Kier alpha value is -1.09. The highest BCUT2D eigenvalue weighted by Crippen LogP contribution is 2.58. The fourth-order valence-electron chi connectivity index (χ4n) is 4.47. The molecule has 0 aromatic rings. The Bertz CT molecular complexity index is 500. The maximum atomic E-state index is 11.9. The number of esters is 1. The molecule has 0 amide bonds. The summed E-state index contributed by atoms with van der Waals surface area (Å²) in [6.45, 7) is 9.18. The Kier molecular flexibility index (Phi) is 3.09. The zero-order valence-electron chi connectivity index (χ0n) is 12.9. The van der Waals surface area contributed by atoms with Crippen molar-refractivity contribution in [3.05, 3.63) is 23.3 Å². The van der Waals surface area contributed by atoms with E-state index in [-0.39, 0.29) is 11.4 Å². The first-order valence-electron chi connectivity index (χ1n) is 7.66. The largest absolute Gasteiger partial charge is 0.426 e. The van der Waals surface area contributed by atoms with E-state index in [0.29, 0.717) is 18.4 Å². The summed E-state index contributed by atoms with van der Waals surface area (Å²) in [4.78, 5) is 11.9. The van der Waals surface area contributed by atoms with Gasteiger partial charge in [0.2, 0.25) is 5.79 Å². The van der Waals surface area contributed by atoms with Crippen LogP contribution in [0.1, 0.15) is 47.0 Å². The van der Waals surface area contributed by atoms with Gasteiger partial charge in [0.05, 0.1) is 0 Å². The van der Waals surface area contributed by atoms with Gasteiger partial charge in [0.1, 0.15) is 0 Å². The molecule has 110 valence electrons. The third-order valence-electron chi connectivity index (χ3n) is 5.31. The van der Waals surface area contributed by atoms with Crippen LogP contribution in [0, 0.1) is 17.3 Å². The maximum Gasteiger partial charge on any atom is 0.333 e. The Labute approximate surface area is 121 Å². The predicted molar refractivity (Wildman–Crippen MR) is 76.9 cm³/mol. The number of rotatable bonds is 2. The second-order valence-electron chi connectivity index (χ2n) is 6.91. The first-order chi connectivity index (χ1) is 9.39. The van der Waals surface area contributed by atoms with E-state index in [4.69, 9.17) is 9.47 Å². The molecule has 1 unspecified atom stereocenters. The molecule has 0 aromatic carbocycles. The number of ether oxygens (including phenoxy) is 2. The molecule has 3 heteroatoms. The average Bonchev–Trinajstić information content (AvgIpc) is 2.66. The van der Waals surface area contributed by atoms with Crippen molar-refractivity contribution >= 4 is 5.97 Å². The lowest BCUT2D eigenvalue weighted by Gasteiger charge is -2.52. The van der Waals surface area contributed by atoms with Gasteiger partial charge in [0.25, 0.3) is 0 Å². The van der Waals surface area contributed by atoms with Gasteiger partial charge in [-0.05, 0) is 43.9 Å². The van der Waals surface area contributed by atoms with E-state index in [2.05, 4.69) is 26.8 Å². The molecule has 3 nitrogen and oxygen atoms in total. The second kappa shape index (κ2) is 4.45. The van der Waals surface area contributed by atoms with Crippen LogP contribution in [-0.4, -0.2) is 18.4 Å². The third kappa shape index (κ3) is 1.86. The Balaban J connectivity index is 2.06. The molecule has 0 radical (unpaired) electrons. The van der Waals surface area contributed by atoms with E-state index in [1.807, 2.05) is 6.92 Å². The highest BCUT2D eigenvalue weighted by atomic mass is 16.7. The van der Waals surface area contributed by atoms with Gasteiger partial charge in [0, 0.05) is 24.7 Å². The van der Waals surface area contributed by atoms with E-state index in [1.165, 1.54) is 12.0 Å². The second-order valence-corrected chi connectivity index (χ2v) is 6.91. The summed E-state index contributed by atoms with van der Waals surface area (Å²) in [5.41, 5.74) is 2.44. The van der Waals surface area contributed by atoms with Crippen molar-refractivity contribution in [2.45, 2.75) is 52.7 Å². The molecule has 2 aliphatic carbocycles. The number of hydrogen-bond acceptors (Lipinski definition) is 3. The summed E-state index contributed by atoms with van der Waals surface area (Å²) in [6.07, 6.45) is 7.17. The van der Waals surface area contributed by atoms with Gasteiger partial charge in [-0.1, -0.05) is 25.5 Å². The molecule has 20 heavy (non-hydrogen) atoms. The highest BCUT2D eigenvalue weighted by molar-refractivity contribution is 5.87. The van der Waals surface area contributed by atoms with Crippen molar-refractivity contribution in [1.29, 1.82) is 0 Å². The van der Waals surface area contributed by atoms with Gasteiger partial charge >= 0.3 is 5.97 Å². The zero-order chi connectivity index (χ0) is 14.5. The zero-order valence-corrected chi connectivity index (χ0v) is 12.9. The molecule has 3 atom stereocenters. The molecule has 0 aromatic heterocycles. The number of carbonyl (C=O) groups excluding carboxylic acids is 1. The van der Waals surface area contributed by atoms with Crippen LogP contribution in [0.15, 0.2) is 23.3 Å². The first kappa shape index (κ1) is 13.9. The fraction of sp³-hybridized carbons (Fsp3) is 0.706. The quantitative estimate of drug-likeness (QED) is 0.571. The lowest BCUT2D eigenvalue weighted by Crippen LogP contribution is -2.52. The molecule has 0 N–H and O–H groups in total. The molecule has 3 rings (SSSR count). The van der Waals surface area contributed by atoms with Crippen molar-refractivity contribution in [3.63, 3.8) is 0 Å². The van der Waals surface area contributed by atoms with Crippen molar-refractivity contribution in [3.8, 4) is 0 Å². The molecule has 1 aliphatic heterocycles. The third-order valence-corrected chi connectivity index (χ3v) is 5.31. The summed E-state index contributed by atoms with van der Waals surface area (Å²) in [6, 6.07) is 0. The van der Waals surface area contributed by atoms with E-state index in [9.17, 15) is 4.79 Å². The van der Waals surface area contributed by atoms with Gasteiger partial charge in [0.15, 0.2) is 0 Å². The Morgan fingerprint density at radius 1 is 1.45 bits per heavy atom. The topological polar surface area (TPSA) is 35.5 Å². The standard InChI is InChI=1S/C17H24O3/c1-5-19-17-10-12-8-11(2)6-7-13(12)16(3,4)14(17)9-15(18)20-17/h8-9,12-13H,5-7,10H2,1-4H3/t12-,13-,17?/m1/s1. The predicted octanol–water partition coefficient (Wildman–Crippen LogP) is 3.60. The molecular weight excluding hydrogens is 252 g/mol. The van der Waals surface area contributed by atoms with Crippen LogP contribution >= 0.6 is 0 Å². The lowest BCUT2D eigenvalue weighted by atomic mass is 9.56. The van der Waals surface area contributed by atoms with Crippen LogP contribution < -0.4 is 0 Å². The van der Waals surface area contributed by atoms with Crippen LogP contribution in [-0.2, 0) is 14.3 Å². The summed E-state index contributed by atoms with van der Waals surface area (Å²) < 4.78 is 11.6. The highest BCUT2D eigenvalue weighted by Gasteiger charge is 2.59. The maximum absolute atomic E-state index is 11.9. The van der Waals surface area contributed by atoms with Crippen LogP contribution in [0.2, 0.25) is 0 Å². The summed E-state index contributed by atoms with van der Waals surface area (Å²) in [5, 5.41) is 0. The molecule has 1 fully saturated rings. The van der Waals surface area contributed by atoms with E-state index in [1.54, 1.807) is 6.08 Å². The van der Waals surface area contributed by atoms with Crippen LogP contribution in [0.25, 0.3) is 0 Å². The fourth-order valence-corrected chi connectivity index (χ4v) is 4.47. The average molecular weight is 276 g/mol. The number of allylic oxidation sites excluding steroid dienone is 2. The van der Waals surface area contributed by atoms with Gasteiger partial charge in [-0.3, -0.25) is 0 Å². The molecular formula is C17H24O3. The smallest absolute Gasteiger partial charge is 0.333 e. The number of hydrogen-bond donors (Lipinski definition) is 0. The van der Waals surface area contributed by atoms with E-state index in [0.717, 1.165) is 18.4 Å². The molecule has 0 saturated heterocycles. The normalized spacial score (nSPS) is 38.5. The SMILES string of the molecule is CCOC12C[C@H]3C=C(C)CC[C@H]3C(C)(C)C1=CC(=O)O2. The van der Waals surface area contributed by atoms with Gasteiger partial charge in [-0.25, -0.2) is 4.79 Å². The van der Waals surface area contributed by atoms with Crippen LogP contribution in [0.5, 0.6) is 0 Å². The van der Waals surface area contributed by atoms with Crippen LogP contribution in [0.3, 0.4) is 0 Å².